The zero-order valence-corrected chi connectivity index (χ0v) is 30.2. The lowest BCUT2D eigenvalue weighted by Crippen LogP contribution is -2.44. The van der Waals surface area contributed by atoms with Crippen LogP contribution >= 0.6 is 0 Å². The zero-order chi connectivity index (χ0) is 37.2. The summed E-state index contributed by atoms with van der Waals surface area (Å²) in [4.78, 5) is 42.0. The van der Waals surface area contributed by atoms with Crippen LogP contribution in [-0.4, -0.2) is 44.3 Å². The Labute approximate surface area is 299 Å². The van der Waals surface area contributed by atoms with Gasteiger partial charge in [0, 0.05) is 25.2 Å². The molecule has 2 atom stereocenters. The molecule has 0 bridgehead atoms. The molecule has 13 heteroatoms. The van der Waals surface area contributed by atoms with E-state index in [1.54, 1.807) is 18.6 Å². The first-order valence-electron chi connectivity index (χ1n) is 17.3. The number of carbonyl (C=O) groups is 2. The largest absolute Gasteiger partial charge is 0.382 e. The van der Waals surface area contributed by atoms with E-state index < -0.39 is 29.5 Å². The van der Waals surface area contributed by atoms with E-state index in [0.29, 0.717) is 30.6 Å². The van der Waals surface area contributed by atoms with Crippen LogP contribution in [0.1, 0.15) is 88.9 Å². The number of hydrogen-bond donors (Lipinski definition) is 5. The Morgan fingerprint density at radius 2 is 1.53 bits per heavy atom. The number of carbonyl (C=O) groups excluding carboxylic acids is 2. The third-order valence-electron chi connectivity index (χ3n) is 7.70. The van der Waals surface area contributed by atoms with Gasteiger partial charge in [-0.1, -0.05) is 71.4 Å². The summed E-state index contributed by atoms with van der Waals surface area (Å²) in [5.74, 6) is -1.74. The van der Waals surface area contributed by atoms with Crippen LogP contribution in [0.5, 0.6) is 0 Å². The number of amides is 2. The van der Waals surface area contributed by atoms with Crippen molar-refractivity contribution in [2.24, 2.45) is 5.41 Å². The van der Waals surface area contributed by atoms with Crippen LogP contribution < -0.4 is 27.0 Å². The topological polar surface area (TPSA) is 160 Å². The van der Waals surface area contributed by atoms with Crippen LogP contribution in [-0.2, 0) is 29.1 Å². The molecule has 11 nitrogen and oxygen atoms in total. The van der Waals surface area contributed by atoms with E-state index in [4.69, 9.17) is 5.73 Å². The van der Waals surface area contributed by atoms with Crippen molar-refractivity contribution >= 4 is 23.5 Å². The van der Waals surface area contributed by atoms with E-state index in [2.05, 4.69) is 81.0 Å². The number of aromatic nitrogens is 4. The molecular weight excluding hydrogens is 652 g/mol. The van der Waals surface area contributed by atoms with E-state index in [1.165, 1.54) is 11.8 Å². The van der Waals surface area contributed by atoms with Gasteiger partial charge in [0.15, 0.2) is 5.82 Å². The molecule has 6 N–H and O–H groups in total. The molecule has 0 aliphatic heterocycles. The van der Waals surface area contributed by atoms with Crippen molar-refractivity contribution in [3.8, 4) is 0 Å². The summed E-state index contributed by atoms with van der Waals surface area (Å²) in [6.45, 7) is 13.0. The maximum Gasteiger partial charge on any atom is 0.248 e. The number of rotatable bonds is 16. The van der Waals surface area contributed by atoms with E-state index in [-0.39, 0.29) is 23.8 Å². The lowest BCUT2D eigenvalue weighted by molar-refractivity contribution is -0.126. The van der Waals surface area contributed by atoms with Gasteiger partial charge in [-0.2, -0.15) is 0 Å². The van der Waals surface area contributed by atoms with Gasteiger partial charge in [-0.25, -0.2) is 18.7 Å². The highest BCUT2D eigenvalue weighted by molar-refractivity contribution is 5.96. The third kappa shape index (κ3) is 15.7. The number of nitrogens with zero attached hydrogens (tertiary/aromatic N) is 4. The average molecular weight is 704 g/mol. The normalized spacial score (nSPS) is 12.3. The Morgan fingerprint density at radius 3 is 2.12 bits per heavy atom. The first-order chi connectivity index (χ1) is 24.3. The van der Waals surface area contributed by atoms with Crippen LogP contribution in [0.2, 0.25) is 0 Å². The molecule has 2 aromatic carbocycles. The maximum atomic E-state index is 13.4. The predicted molar refractivity (Wildman–Crippen MR) is 196 cm³/mol. The number of nitrogen functional groups attached to an aromatic ring is 1. The van der Waals surface area contributed by atoms with Crippen molar-refractivity contribution < 1.29 is 18.4 Å². The summed E-state index contributed by atoms with van der Waals surface area (Å²) in [5.41, 5.74) is 8.86. The van der Waals surface area contributed by atoms with Crippen molar-refractivity contribution in [2.45, 2.75) is 91.9 Å². The van der Waals surface area contributed by atoms with Gasteiger partial charge >= 0.3 is 0 Å². The highest BCUT2D eigenvalue weighted by Crippen LogP contribution is 2.18. The molecule has 0 aliphatic rings. The van der Waals surface area contributed by atoms with Crippen molar-refractivity contribution in [1.82, 2.24) is 35.9 Å². The molecule has 0 aliphatic carbocycles. The standard InChI is InChI=1S/C27H31F2N5O2.C11H20N4/c1-3-8-24(33-26(35)13-18-11-20(28)14-21(29)12-18)27(36)34-25-17-30-22(16-32-25)15-31-23(4-2)19-9-6-5-7-10-19;1-11(2,3)4-5-13-6-9-7-15-10(12)8-14-9/h5-7,9-12,14,16-17,23-24,31H,3-4,8,13,15H2,1-2H3,(H,33,35)(H,32,34,36);7-8,13H,4-6H2,1-3H3,(H2,12,15). The minimum absolute atomic E-state index is 0.188. The Morgan fingerprint density at radius 1 is 0.863 bits per heavy atom. The molecule has 4 rings (SSSR count). The van der Waals surface area contributed by atoms with Gasteiger partial charge < -0.3 is 27.0 Å². The molecule has 0 fully saturated rings. The molecule has 2 aromatic heterocycles. The summed E-state index contributed by atoms with van der Waals surface area (Å²) in [5, 5.41) is 12.1. The van der Waals surface area contributed by atoms with Gasteiger partial charge in [0.05, 0.1) is 42.6 Å². The fraction of sp³-hybridized carbons (Fsp3) is 0.421. The summed E-state index contributed by atoms with van der Waals surface area (Å²) < 4.78 is 26.8. The molecule has 2 unspecified atom stereocenters. The SMILES string of the molecule is CC(C)(C)CCNCc1cnc(N)cn1.CCCC(NC(=O)Cc1cc(F)cc(F)c1)C(=O)Nc1cnc(CNC(CC)c2ccccc2)cn1. The molecular formula is C38H51F2N9O2. The first-order valence-corrected chi connectivity index (χ1v) is 17.3. The van der Waals surface area contributed by atoms with E-state index in [1.807, 2.05) is 25.1 Å². The average Bonchev–Trinajstić information content (AvgIpc) is 3.08. The van der Waals surface area contributed by atoms with Crippen LogP contribution in [0.15, 0.2) is 73.3 Å². The van der Waals surface area contributed by atoms with Crippen molar-refractivity contribution in [3.63, 3.8) is 0 Å². The number of nitrogens with one attached hydrogen (secondary N) is 4. The van der Waals surface area contributed by atoms with E-state index in [0.717, 1.165) is 55.5 Å². The van der Waals surface area contributed by atoms with Crippen molar-refractivity contribution in [1.29, 1.82) is 0 Å². The van der Waals surface area contributed by atoms with Crippen LogP contribution in [0.4, 0.5) is 20.4 Å². The molecule has 0 radical (unpaired) electrons. The van der Waals surface area contributed by atoms with Gasteiger partial charge in [-0.15, -0.1) is 0 Å². The fourth-order valence-corrected chi connectivity index (χ4v) is 4.97. The van der Waals surface area contributed by atoms with Gasteiger partial charge in [0.2, 0.25) is 11.8 Å². The van der Waals surface area contributed by atoms with Crippen LogP contribution in [0.3, 0.4) is 0 Å². The van der Waals surface area contributed by atoms with Gasteiger partial charge in [-0.05, 0) is 54.5 Å². The highest BCUT2D eigenvalue weighted by Gasteiger charge is 2.21. The second kappa shape index (κ2) is 20.7. The number of hydrogen-bond acceptors (Lipinski definition) is 9. The quantitative estimate of drug-likeness (QED) is 0.0876. The number of anilines is 2. The number of benzene rings is 2. The fourth-order valence-electron chi connectivity index (χ4n) is 4.97. The minimum Gasteiger partial charge on any atom is -0.382 e. The molecule has 2 heterocycles. The van der Waals surface area contributed by atoms with Gasteiger partial charge in [-0.3, -0.25) is 19.6 Å². The summed E-state index contributed by atoms with van der Waals surface area (Å²) in [6, 6.07) is 12.4. The molecule has 4 aromatic rings. The second-order valence-electron chi connectivity index (χ2n) is 13.4. The lowest BCUT2D eigenvalue weighted by Gasteiger charge is -2.18. The zero-order valence-electron chi connectivity index (χ0n) is 30.2. The molecule has 274 valence electrons. The molecule has 0 spiro atoms. The summed E-state index contributed by atoms with van der Waals surface area (Å²) >= 11 is 0. The van der Waals surface area contributed by atoms with Gasteiger partial charge in [0.1, 0.15) is 23.5 Å². The molecule has 51 heavy (non-hydrogen) atoms. The number of nitrogens with two attached hydrogens (primary N) is 1. The monoisotopic (exact) mass is 703 g/mol. The maximum absolute atomic E-state index is 13.4. The lowest BCUT2D eigenvalue weighted by atomic mass is 9.92. The summed E-state index contributed by atoms with van der Waals surface area (Å²) in [6.07, 6.45) is 9.21. The smallest absolute Gasteiger partial charge is 0.248 e. The highest BCUT2D eigenvalue weighted by atomic mass is 19.1. The first kappa shape index (κ1) is 40.5. The van der Waals surface area contributed by atoms with Crippen LogP contribution in [0.25, 0.3) is 0 Å². The second-order valence-corrected chi connectivity index (χ2v) is 13.4. The Kier molecular flexibility index (Phi) is 16.5. The predicted octanol–water partition coefficient (Wildman–Crippen LogP) is 6.05. The third-order valence-corrected chi connectivity index (χ3v) is 7.70. The molecule has 2 amide bonds. The van der Waals surface area contributed by atoms with Gasteiger partial charge in [0.25, 0.3) is 0 Å². The van der Waals surface area contributed by atoms with Crippen molar-refractivity contribution in [2.75, 3.05) is 17.6 Å². The van der Waals surface area contributed by atoms with Crippen LogP contribution in [0, 0.1) is 17.0 Å². The van der Waals surface area contributed by atoms with E-state index >= 15 is 0 Å². The summed E-state index contributed by atoms with van der Waals surface area (Å²) in [7, 11) is 0. The Hall–Kier alpha value is -4.88. The van der Waals surface area contributed by atoms with E-state index in [9.17, 15) is 18.4 Å². The Balaban J connectivity index is 0.000000391. The minimum atomic E-state index is -0.819. The Bertz CT molecular complexity index is 1610. The molecule has 0 saturated carbocycles. The number of halogens is 2. The van der Waals surface area contributed by atoms with Crippen molar-refractivity contribution in [3.05, 3.63) is 107 Å². The molecule has 0 saturated heterocycles.